The zero-order valence-electron chi connectivity index (χ0n) is 7.67. The van der Waals surface area contributed by atoms with Gasteiger partial charge in [0.25, 0.3) is 0 Å². The van der Waals surface area contributed by atoms with Crippen molar-refractivity contribution in [1.29, 1.82) is 0 Å². The molecule has 0 aliphatic rings. The van der Waals surface area contributed by atoms with Crippen LogP contribution >= 0.6 is 0 Å². The normalized spacial score (nSPS) is 12.6. The SMILES string of the molecule is OCC(O)CNc1c(F)cc(F)cc1F. The molecule has 1 aromatic carbocycles. The number of nitrogens with one attached hydrogen (secondary N) is 1. The van der Waals surface area contributed by atoms with E-state index in [9.17, 15) is 13.2 Å². The van der Waals surface area contributed by atoms with Crippen LogP contribution in [0.25, 0.3) is 0 Å². The molecule has 1 aromatic rings. The average Bonchev–Trinajstić information content (AvgIpc) is 2.15. The summed E-state index contributed by atoms with van der Waals surface area (Å²) in [5.74, 6) is -3.19. The molecule has 1 atom stereocenters. The van der Waals surface area contributed by atoms with Gasteiger partial charge in [-0.3, -0.25) is 0 Å². The maximum atomic E-state index is 13.0. The van der Waals surface area contributed by atoms with Crippen molar-refractivity contribution in [2.24, 2.45) is 0 Å². The van der Waals surface area contributed by atoms with Gasteiger partial charge in [0.15, 0.2) is 11.6 Å². The summed E-state index contributed by atoms with van der Waals surface area (Å²) in [4.78, 5) is 0. The largest absolute Gasteiger partial charge is 0.394 e. The number of rotatable bonds is 4. The maximum absolute atomic E-state index is 13.0. The zero-order valence-corrected chi connectivity index (χ0v) is 7.67. The zero-order chi connectivity index (χ0) is 11.4. The number of hydrogen-bond donors (Lipinski definition) is 3. The van der Waals surface area contributed by atoms with Crippen LogP contribution in [0, 0.1) is 17.5 Å². The Labute approximate surface area is 84.2 Å². The highest BCUT2D eigenvalue weighted by atomic mass is 19.1. The Bertz CT molecular complexity index is 323. The number of hydrogen-bond acceptors (Lipinski definition) is 3. The first-order valence-corrected chi connectivity index (χ1v) is 4.22. The van der Waals surface area contributed by atoms with Gasteiger partial charge in [-0.2, -0.15) is 0 Å². The van der Waals surface area contributed by atoms with Gasteiger partial charge in [0.05, 0.1) is 12.7 Å². The molecule has 3 N–H and O–H groups in total. The van der Waals surface area contributed by atoms with Gasteiger partial charge in [-0.25, -0.2) is 13.2 Å². The first kappa shape index (κ1) is 11.8. The Morgan fingerprint density at radius 1 is 1.20 bits per heavy atom. The van der Waals surface area contributed by atoms with E-state index in [1.54, 1.807) is 0 Å². The van der Waals surface area contributed by atoms with Gasteiger partial charge in [0, 0.05) is 18.7 Å². The lowest BCUT2D eigenvalue weighted by atomic mass is 10.2. The Kier molecular flexibility index (Phi) is 3.93. The van der Waals surface area contributed by atoms with Crippen LogP contribution in [0.15, 0.2) is 12.1 Å². The van der Waals surface area contributed by atoms with E-state index in [2.05, 4.69) is 5.32 Å². The highest BCUT2D eigenvalue weighted by molar-refractivity contribution is 5.46. The van der Waals surface area contributed by atoms with Gasteiger partial charge in [-0.1, -0.05) is 0 Å². The summed E-state index contributed by atoms with van der Waals surface area (Å²) in [5.41, 5.74) is -0.524. The molecule has 84 valence electrons. The Hall–Kier alpha value is -1.27. The van der Waals surface area contributed by atoms with Crippen molar-refractivity contribution in [3.05, 3.63) is 29.6 Å². The minimum atomic E-state index is -1.13. The van der Waals surface area contributed by atoms with Crippen molar-refractivity contribution in [2.75, 3.05) is 18.5 Å². The monoisotopic (exact) mass is 221 g/mol. The summed E-state index contributed by atoms with van der Waals surface area (Å²) in [6.45, 7) is -0.757. The minimum Gasteiger partial charge on any atom is -0.394 e. The summed E-state index contributed by atoms with van der Waals surface area (Å²) in [6, 6.07) is 1.05. The topological polar surface area (TPSA) is 52.5 Å². The van der Waals surface area contributed by atoms with Gasteiger partial charge in [-0.05, 0) is 0 Å². The van der Waals surface area contributed by atoms with Crippen LogP contribution in [0.2, 0.25) is 0 Å². The van der Waals surface area contributed by atoms with Crippen LogP contribution in [0.1, 0.15) is 0 Å². The lowest BCUT2D eigenvalue weighted by Crippen LogP contribution is -2.23. The molecule has 6 heteroatoms. The fourth-order valence-electron chi connectivity index (χ4n) is 0.996. The Morgan fingerprint density at radius 3 is 2.20 bits per heavy atom. The molecular weight excluding hydrogens is 211 g/mol. The molecule has 0 saturated heterocycles. The third-order valence-electron chi connectivity index (χ3n) is 1.73. The molecule has 1 rings (SSSR count). The van der Waals surface area contributed by atoms with Crippen LogP contribution in [0.4, 0.5) is 18.9 Å². The van der Waals surface area contributed by atoms with Crippen LogP contribution < -0.4 is 5.32 Å². The predicted octanol–water partition coefficient (Wildman–Crippen LogP) is 0.869. The summed E-state index contributed by atoms with van der Waals surface area (Å²) in [6.07, 6.45) is -1.13. The summed E-state index contributed by atoms with van der Waals surface area (Å²) in [5, 5.41) is 19.6. The van der Waals surface area contributed by atoms with E-state index in [0.717, 1.165) is 0 Å². The van der Waals surface area contributed by atoms with Crippen molar-refractivity contribution in [1.82, 2.24) is 0 Å². The number of anilines is 1. The Morgan fingerprint density at radius 2 is 1.73 bits per heavy atom. The third-order valence-corrected chi connectivity index (χ3v) is 1.73. The molecule has 0 aliphatic heterocycles. The van der Waals surface area contributed by atoms with Crippen LogP contribution in [-0.2, 0) is 0 Å². The van der Waals surface area contributed by atoms with E-state index >= 15 is 0 Å². The lowest BCUT2D eigenvalue weighted by molar-refractivity contribution is 0.105. The maximum Gasteiger partial charge on any atom is 0.152 e. The third kappa shape index (κ3) is 3.10. The highest BCUT2D eigenvalue weighted by Crippen LogP contribution is 2.19. The second kappa shape index (κ2) is 4.99. The molecule has 1 unspecified atom stereocenters. The van der Waals surface area contributed by atoms with E-state index in [1.807, 2.05) is 0 Å². The van der Waals surface area contributed by atoms with Crippen molar-refractivity contribution in [3.8, 4) is 0 Å². The molecule has 0 amide bonds. The number of benzene rings is 1. The molecule has 0 spiro atoms. The van der Waals surface area contributed by atoms with E-state index in [4.69, 9.17) is 10.2 Å². The lowest BCUT2D eigenvalue weighted by Gasteiger charge is -2.11. The van der Waals surface area contributed by atoms with E-state index in [-0.39, 0.29) is 6.54 Å². The molecule has 0 aromatic heterocycles. The number of aliphatic hydroxyl groups excluding tert-OH is 2. The number of halogens is 3. The second-order valence-electron chi connectivity index (χ2n) is 2.96. The molecule has 3 nitrogen and oxygen atoms in total. The summed E-state index contributed by atoms with van der Waals surface area (Å²) < 4.78 is 38.4. The molecule has 0 fully saturated rings. The molecule has 15 heavy (non-hydrogen) atoms. The van der Waals surface area contributed by atoms with E-state index in [1.165, 1.54) is 0 Å². The Balaban J connectivity index is 2.77. The molecule has 0 saturated carbocycles. The van der Waals surface area contributed by atoms with Crippen molar-refractivity contribution >= 4 is 5.69 Å². The van der Waals surface area contributed by atoms with E-state index in [0.29, 0.717) is 12.1 Å². The average molecular weight is 221 g/mol. The van der Waals surface area contributed by atoms with Gasteiger partial charge >= 0.3 is 0 Å². The van der Waals surface area contributed by atoms with Gasteiger partial charge in [-0.15, -0.1) is 0 Å². The first-order valence-electron chi connectivity index (χ1n) is 4.22. The minimum absolute atomic E-state index is 0.226. The standard InChI is InChI=1S/C9H10F3NO2/c10-5-1-7(11)9(8(12)2-5)13-3-6(15)4-14/h1-2,6,13-15H,3-4H2. The molecule has 0 heterocycles. The fourth-order valence-corrected chi connectivity index (χ4v) is 0.996. The smallest absolute Gasteiger partial charge is 0.152 e. The van der Waals surface area contributed by atoms with Crippen LogP contribution in [0.5, 0.6) is 0 Å². The van der Waals surface area contributed by atoms with Gasteiger partial charge in [0.1, 0.15) is 11.5 Å². The molecule has 0 radical (unpaired) electrons. The second-order valence-corrected chi connectivity index (χ2v) is 2.96. The predicted molar refractivity (Wildman–Crippen MR) is 47.9 cm³/mol. The molecular formula is C9H10F3NO2. The van der Waals surface area contributed by atoms with Crippen LogP contribution in [-0.4, -0.2) is 29.5 Å². The number of aliphatic hydroxyl groups is 2. The van der Waals surface area contributed by atoms with Crippen molar-refractivity contribution in [2.45, 2.75) is 6.10 Å². The highest BCUT2D eigenvalue weighted by Gasteiger charge is 2.12. The van der Waals surface area contributed by atoms with E-state index < -0.39 is 35.8 Å². The summed E-state index contributed by atoms with van der Waals surface area (Å²) >= 11 is 0. The van der Waals surface area contributed by atoms with Crippen molar-refractivity contribution < 1.29 is 23.4 Å². The van der Waals surface area contributed by atoms with Crippen LogP contribution in [0.3, 0.4) is 0 Å². The van der Waals surface area contributed by atoms with Gasteiger partial charge in [0.2, 0.25) is 0 Å². The summed E-state index contributed by atoms with van der Waals surface area (Å²) in [7, 11) is 0. The molecule has 0 bridgehead atoms. The first-order chi connectivity index (χ1) is 7.04. The van der Waals surface area contributed by atoms with Gasteiger partial charge < -0.3 is 15.5 Å². The van der Waals surface area contributed by atoms with Crippen molar-refractivity contribution in [3.63, 3.8) is 0 Å². The fraction of sp³-hybridized carbons (Fsp3) is 0.333. The molecule has 0 aliphatic carbocycles. The quantitative estimate of drug-likeness (QED) is 0.707.